The van der Waals surface area contributed by atoms with Gasteiger partial charge in [-0.3, -0.25) is 4.79 Å². The van der Waals surface area contributed by atoms with E-state index in [1.54, 1.807) is 0 Å². The van der Waals surface area contributed by atoms with Gasteiger partial charge in [0.25, 0.3) is 0 Å². The number of rotatable bonds is 2. The van der Waals surface area contributed by atoms with E-state index in [1.165, 1.54) is 31.3 Å². The van der Waals surface area contributed by atoms with Crippen LogP contribution in [-0.2, 0) is 4.79 Å². The van der Waals surface area contributed by atoms with Crippen molar-refractivity contribution >= 4 is 5.78 Å². The Morgan fingerprint density at radius 2 is 1.92 bits per heavy atom. The number of nitriles is 1. The van der Waals surface area contributed by atoms with Crippen molar-refractivity contribution in [1.82, 2.24) is 0 Å². The number of carbonyl (C=O) groups is 1. The molecular formula is C24H33NO. The molecule has 2 nitrogen and oxygen atoms in total. The molecule has 0 saturated heterocycles. The Balaban J connectivity index is 1.56. The first kappa shape index (κ1) is 17.0. The van der Waals surface area contributed by atoms with Crippen LogP contribution in [0.1, 0.15) is 72.1 Å². The molecule has 9 atom stereocenters. The van der Waals surface area contributed by atoms with Crippen molar-refractivity contribution in [2.45, 2.75) is 72.1 Å². The fourth-order valence-corrected chi connectivity index (χ4v) is 9.23. The van der Waals surface area contributed by atoms with Crippen LogP contribution < -0.4 is 0 Å². The second-order valence-corrected chi connectivity index (χ2v) is 10.2. The number of hydrogen-bond acceptors (Lipinski definition) is 2. The van der Waals surface area contributed by atoms with Crippen LogP contribution in [0.4, 0.5) is 0 Å². The molecule has 0 heterocycles. The molecule has 0 aromatic rings. The summed E-state index contributed by atoms with van der Waals surface area (Å²) in [4.78, 5) is 11.9. The van der Waals surface area contributed by atoms with Gasteiger partial charge in [0.15, 0.2) is 5.78 Å². The first-order valence-corrected chi connectivity index (χ1v) is 11.2. The van der Waals surface area contributed by atoms with Gasteiger partial charge in [-0.05, 0) is 97.9 Å². The molecule has 0 amide bonds. The summed E-state index contributed by atoms with van der Waals surface area (Å²) in [6.07, 6.45) is 11.1. The fourth-order valence-electron chi connectivity index (χ4n) is 9.23. The summed E-state index contributed by atoms with van der Waals surface area (Å²) >= 11 is 0. The van der Waals surface area contributed by atoms with Gasteiger partial charge in [-0.1, -0.05) is 26.3 Å². The number of carbonyl (C=O) groups excluding carboxylic acids is 1. The van der Waals surface area contributed by atoms with E-state index in [-0.39, 0.29) is 10.8 Å². The predicted octanol–water partition coefficient (Wildman–Crippen LogP) is 5.54. The van der Waals surface area contributed by atoms with E-state index >= 15 is 0 Å². The number of hydrogen-bond donors (Lipinski definition) is 0. The van der Waals surface area contributed by atoms with Crippen molar-refractivity contribution in [3.8, 4) is 6.07 Å². The molecule has 0 bridgehead atoms. The van der Waals surface area contributed by atoms with Gasteiger partial charge in [0.2, 0.25) is 0 Å². The van der Waals surface area contributed by atoms with Gasteiger partial charge in [-0.25, -0.2) is 0 Å². The van der Waals surface area contributed by atoms with E-state index < -0.39 is 0 Å². The number of nitrogens with zero attached hydrogens (tertiary/aromatic N) is 1. The van der Waals surface area contributed by atoms with Gasteiger partial charge in [-0.2, -0.15) is 5.26 Å². The van der Waals surface area contributed by atoms with Crippen LogP contribution in [0, 0.1) is 63.6 Å². The standard InChI is InChI=1S/C24H33NO/c1-4-23-11-10-18-17-9-7-16(26)12-15(17)6-8-19(18)22(23)20-14(3)21(20)24(23,5-2)13-25/h12,14,17-22H,4-11H2,1-3H3/t14?,17?,18?,19?,20?,21?,22-,23?,24+/m1/s1. The zero-order valence-corrected chi connectivity index (χ0v) is 16.6. The third kappa shape index (κ3) is 1.76. The highest BCUT2D eigenvalue weighted by Crippen LogP contribution is 2.82. The fraction of sp³-hybridized carbons (Fsp3) is 0.833. The molecule has 0 aliphatic heterocycles. The van der Waals surface area contributed by atoms with Crippen molar-refractivity contribution < 1.29 is 4.79 Å². The molecule has 2 heteroatoms. The molecule has 7 unspecified atom stereocenters. The van der Waals surface area contributed by atoms with Crippen LogP contribution in [-0.4, -0.2) is 5.78 Å². The van der Waals surface area contributed by atoms with Gasteiger partial charge in [0.05, 0.1) is 11.5 Å². The zero-order valence-electron chi connectivity index (χ0n) is 16.6. The molecule has 4 fully saturated rings. The Labute approximate surface area is 158 Å². The average Bonchev–Trinajstić information content (AvgIpc) is 3.23. The minimum Gasteiger partial charge on any atom is -0.295 e. The molecule has 140 valence electrons. The number of fused-ring (bicyclic) bond motifs is 7. The highest BCUT2D eigenvalue weighted by Gasteiger charge is 2.79. The van der Waals surface area contributed by atoms with Gasteiger partial charge >= 0.3 is 0 Å². The van der Waals surface area contributed by atoms with Crippen molar-refractivity contribution in [1.29, 1.82) is 5.26 Å². The first-order valence-electron chi connectivity index (χ1n) is 11.2. The summed E-state index contributed by atoms with van der Waals surface area (Å²) < 4.78 is 0. The monoisotopic (exact) mass is 351 g/mol. The molecule has 4 saturated carbocycles. The molecule has 0 aromatic heterocycles. The Hall–Kier alpha value is -1.10. The summed E-state index contributed by atoms with van der Waals surface area (Å²) in [7, 11) is 0. The second kappa shape index (κ2) is 5.46. The van der Waals surface area contributed by atoms with Crippen LogP contribution in [0.5, 0.6) is 0 Å². The molecule has 26 heavy (non-hydrogen) atoms. The second-order valence-electron chi connectivity index (χ2n) is 10.2. The van der Waals surface area contributed by atoms with Crippen LogP contribution >= 0.6 is 0 Å². The Morgan fingerprint density at radius 3 is 2.62 bits per heavy atom. The van der Waals surface area contributed by atoms with Gasteiger partial charge in [-0.15, -0.1) is 0 Å². The third-order valence-electron chi connectivity index (χ3n) is 10.1. The Morgan fingerprint density at radius 1 is 1.12 bits per heavy atom. The molecule has 5 aliphatic rings. The molecule has 0 radical (unpaired) electrons. The maximum absolute atomic E-state index is 11.9. The lowest BCUT2D eigenvalue weighted by molar-refractivity contribution is -0.116. The number of allylic oxidation sites excluding steroid dienone is 1. The minimum absolute atomic E-state index is 0.0693. The van der Waals surface area contributed by atoms with E-state index in [4.69, 9.17) is 0 Å². The van der Waals surface area contributed by atoms with Gasteiger partial charge in [0, 0.05) is 6.42 Å². The Kier molecular flexibility index (Phi) is 3.58. The quantitative estimate of drug-likeness (QED) is 0.655. The largest absolute Gasteiger partial charge is 0.295 e. The molecule has 0 N–H and O–H groups in total. The average molecular weight is 352 g/mol. The van der Waals surface area contributed by atoms with Crippen LogP contribution in [0.25, 0.3) is 0 Å². The summed E-state index contributed by atoms with van der Waals surface area (Å²) in [5.74, 6) is 5.61. The number of ketones is 1. The smallest absolute Gasteiger partial charge is 0.155 e. The van der Waals surface area contributed by atoms with Gasteiger partial charge in [0.1, 0.15) is 0 Å². The predicted molar refractivity (Wildman–Crippen MR) is 102 cm³/mol. The van der Waals surface area contributed by atoms with Crippen molar-refractivity contribution in [2.75, 3.05) is 0 Å². The molecule has 0 spiro atoms. The van der Waals surface area contributed by atoms with E-state index in [2.05, 4.69) is 26.8 Å². The van der Waals surface area contributed by atoms with Gasteiger partial charge < -0.3 is 0 Å². The third-order valence-corrected chi connectivity index (χ3v) is 10.1. The molecule has 5 aliphatic carbocycles. The highest BCUT2D eigenvalue weighted by atomic mass is 16.1. The molecule has 0 aromatic carbocycles. The maximum Gasteiger partial charge on any atom is 0.155 e. The molecular weight excluding hydrogens is 318 g/mol. The van der Waals surface area contributed by atoms with E-state index in [0.717, 1.165) is 55.3 Å². The van der Waals surface area contributed by atoms with E-state index in [1.807, 2.05) is 6.08 Å². The SMILES string of the molecule is CCC12CCC3C4CCC(=O)C=C4CCC3[C@@H]1C1C(C)C1[C@@]2(C#N)CC. The minimum atomic E-state index is -0.0693. The summed E-state index contributed by atoms with van der Waals surface area (Å²) in [6, 6.07) is 2.94. The Bertz CT molecular complexity index is 716. The van der Waals surface area contributed by atoms with Crippen LogP contribution in [0.15, 0.2) is 11.6 Å². The maximum atomic E-state index is 11.9. The lowest BCUT2D eigenvalue weighted by Gasteiger charge is -2.58. The lowest BCUT2D eigenvalue weighted by atomic mass is 9.45. The van der Waals surface area contributed by atoms with Crippen LogP contribution in [0.2, 0.25) is 0 Å². The first-order chi connectivity index (χ1) is 12.5. The summed E-state index contributed by atoms with van der Waals surface area (Å²) in [5.41, 5.74) is 1.68. The van der Waals surface area contributed by atoms with E-state index in [0.29, 0.717) is 17.6 Å². The lowest BCUT2D eigenvalue weighted by Crippen LogP contribution is -2.53. The summed E-state index contributed by atoms with van der Waals surface area (Å²) in [5, 5.41) is 10.4. The van der Waals surface area contributed by atoms with Crippen molar-refractivity contribution in [3.63, 3.8) is 0 Å². The normalized spacial score (nSPS) is 54.3. The summed E-state index contributed by atoms with van der Waals surface area (Å²) in [6.45, 7) is 7.08. The highest BCUT2D eigenvalue weighted by molar-refractivity contribution is 5.91. The van der Waals surface area contributed by atoms with E-state index in [9.17, 15) is 10.1 Å². The van der Waals surface area contributed by atoms with Crippen molar-refractivity contribution in [3.05, 3.63) is 11.6 Å². The van der Waals surface area contributed by atoms with Crippen molar-refractivity contribution in [2.24, 2.45) is 52.3 Å². The topological polar surface area (TPSA) is 40.9 Å². The van der Waals surface area contributed by atoms with Crippen LogP contribution in [0.3, 0.4) is 0 Å². The zero-order chi connectivity index (χ0) is 18.3. The molecule has 5 rings (SSSR count).